The van der Waals surface area contributed by atoms with Gasteiger partial charge in [0.2, 0.25) is 11.1 Å². The topological polar surface area (TPSA) is 110 Å². The molecule has 3 aromatic heterocycles. The van der Waals surface area contributed by atoms with Crippen molar-refractivity contribution >= 4 is 39.5 Å². The lowest BCUT2D eigenvalue weighted by Gasteiger charge is -2.18. The first-order valence-corrected chi connectivity index (χ1v) is 11.4. The molecule has 3 heterocycles. The van der Waals surface area contributed by atoms with Gasteiger partial charge in [0, 0.05) is 22.8 Å². The molecule has 0 aliphatic rings. The molecule has 0 saturated carbocycles. The summed E-state index contributed by atoms with van der Waals surface area (Å²) in [5.74, 6) is -0.285. The number of hydrogen-bond donors (Lipinski definition) is 2. The molecule has 0 spiro atoms. The Morgan fingerprint density at radius 1 is 1.16 bits per heavy atom. The molecule has 8 nitrogen and oxygen atoms in total. The average Bonchev–Trinajstić information content (AvgIpc) is 3.23. The first-order valence-electron chi connectivity index (χ1n) is 9.93. The van der Waals surface area contributed by atoms with E-state index < -0.39 is 11.1 Å². The second kappa shape index (κ2) is 9.56. The van der Waals surface area contributed by atoms with Crippen molar-refractivity contribution in [2.24, 2.45) is 0 Å². The van der Waals surface area contributed by atoms with E-state index in [1.165, 1.54) is 18.5 Å². The summed E-state index contributed by atoms with van der Waals surface area (Å²) in [7, 11) is 0. The summed E-state index contributed by atoms with van der Waals surface area (Å²) in [5, 5.41) is 8.83. The third-order valence-electron chi connectivity index (χ3n) is 5.04. The summed E-state index contributed by atoms with van der Waals surface area (Å²) in [4.78, 5) is 21.4. The predicted molar refractivity (Wildman–Crippen MR) is 122 cm³/mol. The van der Waals surface area contributed by atoms with Crippen LogP contribution in [0.25, 0.3) is 16.6 Å². The summed E-state index contributed by atoms with van der Waals surface area (Å²) in [6.45, 7) is 2.02. The molecule has 4 rings (SSSR count). The Morgan fingerprint density at radius 2 is 1.94 bits per heavy atom. The fourth-order valence-corrected chi connectivity index (χ4v) is 3.91. The van der Waals surface area contributed by atoms with Gasteiger partial charge in [-0.2, -0.15) is 5.10 Å². The Bertz CT molecular complexity index is 1280. The second-order valence-electron chi connectivity index (χ2n) is 7.15. The van der Waals surface area contributed by atoms with Gasteiger partial charge in [-0.3, -0.25) is 9.78 Å². The molecule has 164 valence electrons. The third kappa shape index (κ3) is 4.55. The van der Waals surface area contributed by atoms with Crippen LogP contribution in [-0.4, -0.2) is 34.4 Å². The Balaban J connectivity index is 1.63. The molecule has 0 bridgehead atoms. The van der Waals surface area contributed by atoms with Crippen LogP contribution in [0.1, 0.15) is 41.7 Å². The lowest BCUT2D eigenvalue weighted by atomic mass is 10.0. The van der Waals surface area contributed by atoms with Crippen LogP contribution in [0.2, 0.25) is 5.02 Å². The molecule has 1 aromatic carbocycles. The number of benzene rings is 1. The fraction of sp³-hybridized carbons (Fsp3) is 0.182. The van der Waals surface area contributed by atoms with E-state index in [2.05, 4.69) is 20.4 Å². The molecular weight excluding hydrogens is 450 g/mol. The van der Waals surface area contributed by atoms with Crippen molar-refractivity contribution in [3.05, 3.63) is 77.3 Å². The van der Waals surface area contributed by atoms with Crippen LogP contribution in [0, 0.1) is 0 Å². The molecule has 10 heteroatoms. The minimum Gasteiger partial charge on any atom is -0.345 e. The zero-order valence-electron chi connectivity index (χ0n) is 17.1. The number of aromatic nitrogens is 4. The fourth-order valence-electron chi connectivity index (χ4n) is 3.46. The summed E-state index contributed by atoms with van der Waals surface area (Å²) in [6, 6.07) is 10.1. The van der Waals surface area contributed by atoms with Crippen molar-refractivity contribution < 1.29 is 13.6 Å². The van der Waals surface area contributed by atoms with Gasteiger partial charge in [-0.15, -0.1) is 0 Å². The minimum absolute atomic E-state index is 0.0684. The highest BCUT2D eigenvalue weighted by Gasteiger charge is 2.20. The molecule has 1 amide bonds. The molecule has 32 heavy (non-hydrogen) atoms. The lowest BCUT2D eigenvalue weighted by molar-refractivity contribution is 0.0935. The smallest absolute Gasteiger partial charge is 0.254 e. The molecule has 2 unspecified atom stereocenters. The largest absolute Gasteiger partial charge is 0.345 e. The maximum absolute atomic E-state index is 13.2. The van der Waals surface area contributed by atoms with Crippen LogP contribution in [0.5, 0.6) is 0 Å². The summed E-state index contributed by atoms with van der Waals surface area (Å²) in [5.41, 5.74) is 2.67. The molecule has 4 aromatic rings. The molecule has 0 aliphatic heterocycles. The molecule has 0 radical (unpaired) electrons. The van der Waals surface area contributed by atoms with Gasteiger partial charge < -0.3 is 9.87 Å². The van der Waals surface area contributed by atoms with Crippen LogP contribution < -0.4 is 5.32 Å². The van der Waals surface area contributed by atoms with Crippen molar-refractivity contribution in [2.45, 2.75) is 30.8 Å². The van der Waals surface area contributed by atoms with Gasteiger partial charge in [0.15, 0.2) is 5.03 Å². The average molecular weight is 470 g/mol. The quantitative estimate of drug-likeness (QED) is 0.390. The number of carbonyl (C=O) groups excluding carboxylic acids is 1. The van der Waals surface area contributed by atoms with Gasteiger partial charge in [0.05, 0.1) is 35.2 Å². The number of pyridine rings is 2. The number of nitrogens with zero attached hydrogens (tertiary/aromatic N) is 4. The zero-order valence-corrected chi connectivity index (χ0v) is 18.7. The van der Waals surface area contributed by atoms with E-state index in [9.17, 15) is 9.00 Å². The Kier molecular flexibility index (Phi) is 6.59. The number of amides is 1. The van der Waals surface area contributed by atoms with Gasteiger partial charge >= 0.3 is 0 Å². The predicted octanol–water partition coefficient (Wildman–Crippen LogP) is 4.32. The van der Waals surface area contributed by atoms with Crippen molar-refractivity contribution in [1.29, 1.82) is 0 Å². The molecular formula is C22H20ClN5O3S. The normalized spacial score (nSPS) is 13.1. The van der Waals surface area contributed by atoms with Crippen molar-refractivity contribution in [3.8, 4) is 5.69 Å². The van der Waals surface area contributed by atoms with Crippen LogP contribution in [0.15, 0.2) is 66.2 Å². The number of nitrogens with one attached hydrogen (secondary N) is 1. The standard InChI is InChI=1S/C22H20ClN5O3S/c1-2-3-19(14-4-9-21(25-10-14)32(30)31)27-22(29)18-11-24-13-20-17(18)12-26-28(20)16-7-5-15(23)6-8-16/h4-13,19H,2-3H2,1H3,(H,27,29)(H,30,31). The van der Waals surface area contributed by atoms with Crippen LogP contribution in [-0.2, 0) is 11.1 Å². The van der Waals surface area contributed by atoms with Crippen molar-refractivity contribution in [2.75, 3.05) is 0 Å². The summed E-state index contributed by atoms with van der Waals surface area (Å²) < 4.78 is 22.0. The summed E-state index contributed by atoms with van der Waals surface area (Å²) >= 11 is 3.83. The van der Waals surface area contributed by atoms with E-state index in [1.54, 1.807) is 35.3 Å². The number of fused-ring (bicyclic) bond motifs is 1. The molecule has 0 aliphatic carbocycles. The van der Waals surface area contributed by atoms with Crippen LogP contribution >= 0.6 is 11.6 Å². The first kappa shape index (κ1) is 22.1. The number of hydrogen-bond acceptors (Lipinski definition) is 5. The Morgan fingerprint density at radius 3 is 2.59 bits per heavy atom. The van der Waals surface area contributed by atoms with Crippen molar-refractivity contribution in [1.82, 2.24) is 25.1 Å². The highest BCUT2D eigenvalue weighted by atomic mass is 35.5. The Hall–Kier alpha value is -3.14. The number of halogens is 1. The summed E-state index contributed by atoms with van der Waals surface area (Å²) in [6.07, 6.45) is 7.85. The SMILES string of the molecule is CCCC(NC(=O)c1cncc2c1cnn2-c1ccc(Cl)cc1)c1ccc(S(=O)O)nc1. The molecule has 0 fully saturated rings. The third-order valence-corrected chi connectivity index (χ3v) is 5.89. The van der Waals surface area contributed by atoms with E-state index in [-0.39, 0.29) is 17.0 Å². The first-order chi connectivity index (χ1) is 15.5. The van der Waals surface area contributed by atoms with Gasteiger partial charge in [0.1, 0.15) is 0 Å². The van der Waals surface area contributed by atoms with E-state index in [0.717, 1.165) is 17.7 Å². The van der Waals surface area contributed by atoms with Crippen LogP contribution in [0.4, 0.5) is 0 Å². The van der Waals surface area contributed by atoms with Gasteiger partial charge in [-0.25, -0.2) is 13.9 Å². The van der Waals surface area contributed by atoms with Gasteiger partial charge in [-0.05, 0) is 42.3 Å². The van der Waals surface area contributed by atoms with E-state index >= 15 is 0 Å². The Labute approximate surface area is 191 Å². The van der Waals surface area contributed by atoms with Gasteiger partial charge in [0.25, 0.3) is 5.91 Å². The second-order valence-corrected chi connectivity index (χ2v) is 8.50. The van der Waals surface area contributed by atoms with Crippen molar-refractivity contribution in [3.63, 3.8) is 0 Å². The zero-order chi connectivity index (χ0) is 22.7. The maximum Gasteiger partial charge on any atom is 0.254 e. The minimum atomic E-state index is -2.15. The highest BCUT2D eigenvalue weighted by Crippen LogP contribution is 2.24. The molecule has 2 N–H and O–H groups in total. The van der Waals surface area contributed by atoms with E-state index in [1.807, 2.05) is 19.1 Å². The maximum atomic E-state index is 13.2. The monoisotopic (exact) mass is 469 g/mol. The van der Waals surface area contributed by atoms with E-state index in [4.69, 9.17) is 16.2 Å². The highest BCUT2D eigenvalue weighted by molar-refractivity contribution is 7.79. The molecule has 2 atom stereocenters. The van der Waals surface area contributed by atoms with E-state index in [0.29, 0.717) is 27.9 Å². The number of carbonyl (C=O) groups is 1. The molecule has 0 saturated heterocycles. The number of rotatable bonds is 7. The van der Waals surface area contributed by atoms with Crippen LogP contribution in [0.3, 0.4) is 0 Å². The lowest BCUT2D eigenvalue weighted by Crippen LogP contribution is -2.29. The van der Waals surface area contributed by atoms with Gasteiger partial charge in [-0.1, -0.05) is 31.0 Å².